The third kappa shape index (κ3) is 3.28. The van der Waals surface area contributed by atoms with Crippen molar-refractivity contribution in [1.82, 2.24) is 15.0 Å². The van der Waals surface area contributed by atoms with Crippen molar-refractivity contribution < 1.29 is 9.32 Å². The van der Waals surface area contributed by atoms with Gasteiger partial charge in [-0.15, -0.1) is 0 Å². The largest absolute Gasteiger partial charge is 0.336 e. The number of carbonyl (C=O) groups is 1. The van der Waals surface area contributed by atoms with E-state index in [1.54, 1.807) is 13.0 Å². The molecule has 0 aliphatic heterocycles. The molecule has 3 aromatic rings. The number of benzene rings is 1. The Kier molecular flexibility index (Phi) is 4.31. The fourth-order valence-corrected chi connectivity index (χ4v) is 2.65. The molecule has 24 heavy (non-hydrogen) atoms. The van der Waals surface area contributed by atoms with E-state index < -0.39 is 0 Å². The molecule has 0 aliphatic carbocycles. The molecule has 2 heterocycles. The molecule has 0 radical (unpaired) electrons. The van der Waals surface area contributed by atoms with Crippen molar-refractivity contribution in [3.63, 3.8) is 0 Å². The number of anilines is 1. The van der Waals surface area contributed by atoms with E-state index in [2.05, 4.69) is 20.4 Å². The third-order valence-corrected chi connectivity index (χ3v) is 3.70. The van der Waals surface area contributed by atoms with Gasteiger partial charge >= 0.3 is 0 Å². The Morgan fingerprint density at radius 2 is 1.92 bits per heavy atom. The summed E-state index contributed by atoms with van der Waals surface area (Å²) in [5, 5.41) is 7.48. The van der Waals surface area contributed by atoms with Gasteiger partial charge in [-0.05, 0) is 51.7 Å². The van der Waals surface area contributed by atoms with Gasteiger partial charge in [0.05, 0.1) is 16.6 Å². The van der Waals surface area contributed by atoms with Gasteiger partial charge in [0.15, 0.2) is 0 Å². The maximum atomic E-state index is 12.7. The first-order valence-corrected chi connectivity index (χ1v) is 7.72. The highest BCUT2D eigenvalue weighted by atomic mass is 16.5. The van der Waals surface area contributed by atoms with E-state index in [0.717, 1.165) is 12.2 Å². The van der Waals surface area contributed by atoms with Crippen molar-refractivity contribution >= 4 is 22.7 Å². The average molecular weight is 324 g/mol. The van der Waals surface area contributed by atoms with Gasteiger partial charge in [0.2, 0.25) is 0 Å². The Hall–Kier alpha value is -2.73. The van der Waals surface area contributed by atoms with Crippen LogP contribution in [-0.4, -0.2) is 35.0 Å². The molecule has 1 aromatic carbocycles. The lowest BCUT2D eigenvalue weighted by Gasteiger charge is -2.11. The highest BCUT2D eigenvalue weighted by Gasteiger charge is 2.17. The number of nitrogens with zero attached hydrogens (tertiary/aromatic N) is 3. The zero-order chi connectivity index (χ0) is 17.3. The van der Waals surface area contributed by atoms with E-state index in [1.165, 1.54) is 5.56 Å². The number of rotatable bonds is 4. The topological polar surface area (TPSA) is 71.3 Å². The van der Waals surface area contributed by atoms with Crippen LogP contribution >= 0.6 is 0 Å². The smallest absolute Gasteiger partial charge is 0.258 e. The molecule has 3 rings (SSSR count). The van der Waals surface area contributed by atoms with Gasteiger partial charge in [0.1, 0.15) is 0 Å². The molecule has 0 saturated carbocycles. The number of hydrogen-bond donors (Lipinski definition) is 1. The number of nitrogens with one attached hydrogen (secondary N) is 1. The summed E-state index contributed by atoms with van der Waals surface area (Å²) in [6, 6.07) is 9.58. The molecule has 6 nitrogen and oxygen atoms in total. The summed E-state index contributed by atoms with van der Waals surface area (Å²) in [7, 11) is 4.04. The number of aromatic nitrogens is 2. The van der Waals surface area contributed by atoms with Gasteiger partial charge in [-0.2, -0.15) is 0 Å². The van der Waals surface area contributed by atoms with E-state index in [4.69, 9.17) is 4.52 Å². The van der Waals surface area contributed by atoms with Gasteiger partial charge < -0.3 is 14.7 Å². The monoisotopic (exact) mass is 324 g/mol. The van der Waals surface area contributed by atoms with Crippen LogP contribution in [0.15, 0.2) is 34.9 Å². The predicted octanol–water partition coefficient (Wildman–Crippen LogP) is 3.15. The first-order chi connectivity index (χ1) is 11.4. The van der Waals surface area contributed by atoms with Crippen molar-refractivity contribution in [3.05, 3.63) is 52.8 Å². The highest BCUT2D eigenvalue weighted by molar-refractivity contribution is 6.12. The molecular weight excluding hydrogens is 304 g/mol. The highest BCUT2D eigenvalue weighted by Crippen LogP contribution is 2.23. The van der Waals surface area contributed by atoms with E-state index in [0.29, 0.717) is 28.1 Å². The van der Waals surface area contributed by atoms with Crippen LogP contribution in [0.4, 0.5) is 5.69 Å². The SMILES string of the molecule is Cc1cc(C(=O)Nc2ccc(CN(C)C)cc2)c2c(C)noc2n1. The lowest BCUT2D eigenvalue weighted by atomic mass is 10.1. The second-order valence-electron chi connectivity index (χ2n) is 6.15. The molecule has 1 N–H and O–H groups in total. The van der Waals surface area contributed by atoms with Crippen molar-refractivity contribution in [2.75, 3.05) is 19.4 Å². The summed E-state index contributed by atoms with van der Waals surface area (Å²) >= 11 is 0. The van der Waals surface area contributed by atoms with E-state index in [-0.39, 0.29) is 5.91 Å². The molecule has 124 valence electrons. The zero-order valence-corrected chi connectivity index (χ0v) is 14.3. The van der Waals surface area contributed by atoms with Crippen LogP contribution in [0.3, 0.4) is 0 Å². The van der Waals surface area contributed by atoms with Crippen LogP contribution < -0.4 is 5.32 Å². The van der Waals surface area contributed by atoms with Gasteiger partial charge in [0, 0.05) is 17.9 Å². The maximum absolute atomic E-state index is 12.7. The molecule has 0 atom stereocenters. The number of carbonyl (C=O) groups excluding carboxylic acids is 1. The summed E-state index contributed by atoms with van der Waals surface area (Å²) in [6.07, 6.45) is 0. The van der Waals surface area contributed by atoms with Gasteiger partial charge in [-0.3, -0.25) is 4.79 Å². The van der Waals surface area contributed by atoms with Crippen LogP contribution in [0.25, 0.3) is 11.1 Å². The van der Waals surface area contributed by atoms with Crippen LogP contribution in [0, 0.1) is 13.8 Å². The molecule has 2 aromatic heterocycles. The first kappa shape index (κ1) is 16.1. The van der Waals surface area contributed by atoms with Crippen LogP contribution in [0.1, 0.15) is 27.3 Å². The van der Waals surface area contributed by atoms with Gasteiger partial charge in [-0.25, -0.2) is 4.98 Å². The van der Waals surface area contributed by atoms with Crippen molar-refractivity contribution in [2.45, 2.75) is 20.4 Å². The average Bonchev–Trinajstić information content (AvgIpc) is 2.89. The summed E-state index contributed by atoms with van der Waals surface area (Å²) in [5.41, 5.74) is 4.22. The summed E-state index contributed by atoms with van der Waals surface area (Å²) < 4.78 is 5.18. The van der Waals surface area contributed by atoms with Crippen LogP contribution in [0.5, 0.6) is 0 Å². The number of pyridine rings is 1. The summed E-state index contributed by atoms with van der Waals surface area (Å²) in [4.78, 5) is 19.0. The molecule has 0 fully saturated rings. The van der Waals surface area contributed by atoms with Crippen molar-refractivity contribution in [3.8, 4) is 0 Å². The van der Waals surface area contributed by atoms with Crippen LogP contribution in [0.2, 0.25) is 0 Å². The normalized spacial score (nSPS) is 11.2. The lowest BCUT2D eigenvalue weighted by Crippen LogP contribution is -2.14. The molecule has 1 amide bonds. The third-order valence-electron chi connectivity index (χ3n) is 3.70. The number of aryl methyl sites for hydroxylation is 2. The van der Waals surface area contributed by atoms with Crippen LogP contribution in [-0.2, 0) is 6.54 Å². The fraction of sp³-hybridized carbons (Fsp3) is 0.278. The minimum absolute atomic E-state index is 0.197. The van der Waals surface area contributed by atoms with E-state index in [1.807, 2.05) is 45.3 Å². The quantitative estimate of drug-likeness (QED) is 0.798. The molecule has 6 heteroatoms. The van der Waals surface area contributed by atoms with E-state index in [9.17, 15) is 4.79 Å². The van der Waals surface area contributed by atoms with Gasteiger partial charge in [-0.1, -0.05) is 17.3 Å². The number of amides is 1. The maximum Gasteiger partial charge on any atom is 0.258 e. The Morgan fingerprint density at radius 3 is 2.58 bits per heavy atom. The van der Waals surface area contributed by atoms with Crippen molar-refractivity contribution in [1.29, 1.82) is 0 Å². The molecule has 0 bridgehead atoms. The van der Waals surface area contributed by atoms with Crippen molar-refractivity contribution in [2.24, 2.45) is 0 Å². The van der Waals surface area contributed by atoms with Gasteiger partial charge in [0.25, 0.3) is 11.6 Å². The molecule has 0 unspecified atom stereocenters. The fourth-order valence-electron chi connectivity index (χ4n) is 2.65. The summed E-state index contributed by atoms with van der Waals surface area (Å²) in [6.45, 7) is 4.48. The minimum Gasteiger partial charge on any atom is -0.336 e. The number of fused-ring (bicyclic) bond motifs is 1. The second kappa shape index (κ2) is 6.41. The second-order valence-corrected chi connectivity index (χ2v) is 6.15. The number of hydrogen-bond acceptors (Lipinski definition) is 5. The summed E-state index contributed by atoms with van der Waals surface area (Å²) in [5.74, 6) is -0.197. The predicted molar refractivity (Wildman–Crippen MR) is 93.1 cm³/mol. The Bertz CT molecular complexity index is 882. The Morgan fingerprint density at radius 1 is 1.21 bits per heavy atom. The minimum atomic E-state index is -0.197. The Labute approximate surface area is 140 Å². The first-order valence-electron chi connectivity index (χ1n) is 7.72. The van der Waals surface area contributed by atoms with E-state index >= 15 is 0 Å². The molecule has 0 saturated heterocycles. The standard InChI is InChI=1S/C18H20N4O2/c1-11-9-15(16-12(2)21-24-18(16)19-11)17(23)20-14-7-5-13(6-8-14)10-22(3)4/h5-9H,10H2,1-4H3,(H,20,23). The Balaban J connectivity index is 1.86. The molecular formula is C18H20N4O2. The lowest BCUT2D eigenvalue weighted by molar-refractivity contribution is 0.102. The zero-order valence-electron chi connectivity index (χ0n) is 14.3. The molecule has 0 aliphatic rings. The molecule has 0 spiro atoms.